The Bertz CT molecular complexity index is 884. The number of hydrogen-bond donors (Lipinski definition) is 2. The van der Waals surface area contributed by atoms with Crippen LogP contribution >= 0.6 is 11.6 Å². The van der Waals surface area contributed by atoms with Gasteiger partial charge in [-0.15, -0.1) is 6.42 Å². The topological polar surface area (TPSA) is 83.5 Å². The lowest BCUT2D eigenvalue weighted by molar-refractivity contribution is 0.489. The molecular weight excluding hydrogens is 462 g/mol. The van der Waals surface area contributed by atoms with Crippen molar-refractivity contribution in [2.75, 3.05) is 4.72 Å². The fourth-order valence-corrected chi connectivity index (χ4v) is 13.2. The van der Waals surface area contributed by atoms with Gasteiger partial charge in [0.25, 0.3) is 0 Å². The van der Waals surface area contributed by atoms with Crippen LogP contribution < -0.4 is 9.91 Å². The molecule has 0 aromatic heterocycles. The molecule has 0 fully saturated rings. The fraction of sp³-hybridized carbons (Fsp3) is 0.625. The molecule has 0 aliphatic heterocycles. The summed E-state index contributed by atoms with van der Waals surface area (Å²) in [4.78, 5) is 8.57. The molecule has 2 N–H and O–H groups in total. The smallest absolute Gasteiger partial charge is 0.285 e. The van der Waals surface area contributed by atoms with E-state index in [9.17, 15) is 13.0 Å². The van der Waals surface area contributed by atoms with E-state index in [-0.39, 0.29) is 5.75 Å². The van der Waals surface area contributed by atoms with Crippen LogP contribution in [0.15, 0.2) is 6.07 Å². The largest absolute Gasteiger partial charge is 0.357 e. The second-order valence-electron chi connectivity index (χ2n) is 9.02. The molecule has 0 saturated carbocycles. The Balaban J connectivity index is 0.00000302. The van der Waals surface area contributed by atoms with Crippen LogP contribution in [0.2, 0.25) is 16.6 Å². The van der Waals surface area contributed by atoms with Gasteiger partial charge in [-0.1, -0.05) is 74.2 Å². The number of terminal acetylenes is 1. The molecule has 1 aromatic carbocycles. The Hall–Kier alpha value is -1.33. The lowest BCUT2D eigenvalue weighted by atomic mass is 9.95. The molecule has 0 atom stereocenters. The zero-order valence-electron chi connectivity index (χ0n) is 20.8. The Kier molecular flexibility index (Phi) is 12.8. The number of carbonyl (C=O) groups is 1. The van der Waals surface area contributed by atoms with Crippen LogP contribution in [-0.2, 0) is 27.9 Å². The summed E-state index contributed by atoms with van der Waals surface area (Å²) in [6.07, 6.45) is 9.58. The van der Waals surface area contributed by atoms with Crippen molar-refractivity contribution in [3.63, 3.8) is 0 Å². The molecule has 0 unspecified atom stereocenters. The molecule has 0 aliphatic carbocycles. The average molecular weight is 502 g/mol. The minimum Gasteiger partial charge on any atom is -0.285 e. The van der Waals surface area contributed by atoms with Gasteiger partial charge in [0.05, 0.1) is 13.8 Å². The third-order valence-corrected chi connectivity index (χ3v) is 13.8. The van der Waals surface area contributed by atoms with Crippen molar-refractivity contribution in [2.24, 2.45) is 0 Å². The van der Waals surface area contributed by atoms with E-state index in [4.69, 9.17) is 11.2 Å². The van der Waals surface area contributed by atoms with Gasteiger partial charge in [0.1, 0.15) is 0 Å². The standard InChI is InChI=1S/C23H39NO3SSi.CHClO/c1-10-13-20-15-19(12-3)22(24-28(25,26)27)23(21(20)14-11-2)29(16(4)5,17(6)7)18(8)9;2-1-3/h3,15-18,24H,10-11,13-14H2,1-2,4-9H3,(H,25,26,27);1H. The van der Waals surface area contributed by atoms with E-state index in [1.165, 1.54) is 11.1 Å². The van der Waals surface area contributed by atoms with Crippen LogP contribution in [0.4, 0.5) is 5.69 Å². The molecule has 8 heteroatoms. The van der Waals surface area contributed by atoms with Gasteiger partial charge < -0.3 is 0 Å². The fourth-order valence-electron chi connectivity index (χ4n) is 5.50. The van der Waals surface area contributed by atoms with Crippen LogP contribution in [0.25, 0.3) is 0 Å². The van der Waals surface area contributed by atoms with Crippen LogP contribution in [0, 0.1) is 12.3 Å². The molecule has 0 radical (unpaired) electrons. The van der Waals surface area contributed by atoms with Crippen molar-refractivity contribution in [3.8, 4) is 12.3 Å². The highest BCUT2D eigenvalue weighted by molar-refractivity contribution is 7.87. The monoisotopic (exact) mass is 501 g/mol. The van der Waals surface area contributed by atoms with Gasteiger partial charge in [-0.3, -0.25) is 14.1 Å². The van der Waals surface area contributed by atoms with E-state index in [1.54, 1.807) is 0 Å². The quantitative estimate of drug-likeness (QED) is 0.133. The summed E-state index contributed by atoms with van der Waals surface area (Å²) in [5.41, 5.74) is 4.55. The SMILES string of the molecule is C#Cc1cc(CCC)c(CCC)c([Si](C(C)C)(C(C)C)C(C)C)c1NS(=O)(=O)O.O=CCl. The number of benzene rings is 1. The van der Waals surface area contributed by atoms with Crippen molar-refractivity contribution in [1.29, 1.82) is 0 Å². The second kappa shape index (κ2) is 13.4. The summed E-state index contributed by atoms with van der Waals surface area (Å²) in [6.45, 7) is 17.8. The highest BCUT2D eigenvalue weighted by Gasteiger charge is 2.48. The van der Waals surface area contributed by atoms with Crippen LogP contribution in [0.3, 0.4) is 0 Å². The highest BCUT2D eigenvalue weighted by atomic mass is 35.5. The van der Waals surface area contributed by atoms with Crippen molar-refractivity contribution in [1.82, 2.24) is 0 Å². The minimum atomic E-state index is -4.45. The maximum Gasteiger partial charge on any atom is 0.357 e. The summed E-state index contributed by atoms with van der Waals surface area (Å²) in [5.74, 6) is 2.92. The molecule has 0 heterocycles. The molecule has 1 rings (SSSR count). The van der Waals surface area contributed by atoms with Crippen molar-refractivity contribution in [2.45, 2.75) is 97.7 Å². The molecule has 1 aromatic rings. The lowest BCUT2D eigenvalue weighted by Gasteiger charge is -2.46. The van der Waals surface area contributed by atoms with Gasteiger partial charge >= 0.3 is 10.3 Å². The van der Waals surface area contributed by atoms with E-state index in [0.717, 1.165) is 30.9 Å². The third-order valence-electron chi connectivity index (χ3n) is 6.23. The number of halogens is 1. The molecular formula is C24H40ClNO4SSi. The van der Waals surface area contributed by atoms with E-state index >= 15 is 0 Å². The molecule has 0 spiro atoms. The van der Waals surface area contributed by atoms with Gasteiger partial charge in [-0.2, -0.15) is 8.42 Å². The molecule has 0 aliphatic rings. The summed E-state index contributed by atoms with van der Waals surface area (Å²) < 4.78 is 36.0. The molecule has 0 saturated heterocycles. The summed E-state index contributed by atoms with van der Waals surface area (Å²) in [5, 5.41) is 1.11. The van der Waals surface area contributed by atoms with Crippen LogP contribution in [-0.4, -0.2) is 26.8 Å². The number of aryl methyl sites for hydroxylation is 1. The molecule has 0 bridgehead atoms. The first-order valence-electron chi connectivity index (χ1n) is 11.2. The maximum absolute atomic E-state index is 11.9. The first-order chi connectivity index (χ1) is 14.8. The molecule has 32 heavy (non-hydrogen) atoms. The Labute approximate surface area is 201 Å². The van der Waals surface area contributed by atoms with E-state index in [1.807, 2.05) is 6.07 Å². The lowest BCUT2D eigenvalue weighted by Crippen LogP contribution is -2.58. The molecule has 0 amide bonds. The minimum absolute atomic E-state index is 0.222. The number of rotatable bonds is 10. The van der Waals surface area contributed by atoms with E-state index < -0.39 is 18.4 Å². The summed E-state index contributed by atoms with van der Waals surface area (Å²) in [6, 6.07) is 1.95. The Morgan fingerprint density at radius 1 is 1.09 bits per heavy atom. The second-order valence-corrected chi connectivity index (χ2v) is 16.2. The van der Waals surface area contributed by atoms with E-state index in [2.05, 4.69) is 77.6 Å². The third kappa shape index (κ3) is 7.08. The predicted molar refractivity (Wildman–Crippen MR) is 141 cm³/mol. The highest BCUT2D eigenvalue weighted by Crippen LogP contribution is 2.44. The number of hydrogen-bond acceptors (Lipinski definition) is 3. The molecule has 182 valence electrons. The molecule has 5 nitrogen and oxygen atoms in total. The predicted octanol–water partition coefficient (Wildman–Crippen LogP) is 6.09. The Morgan fingerprint density at radius 3 is 1.84 bits per heavy atom. The van der Waals surface area contributed by atoms with Gasteiger partial charge in [0.15, 0.2) is 0 Å². The first kappa shape index (κ1) is 30.7. The van der Waals surface area contributed by atoms with Crippen molar-refractivity contribution >= 4 is 46.6 Å². The van der Waals surface area contributed by atoms with Crippen LogP contribution in [0.1, 0.15) is 84.9 Å². The van der Waals surface area contributed by atoms with E-state index in [0.29, 0.717) is 27.9 Å². The zero-order chi connectivity index (χ0) is 25.3. The number of nitrogens with one attached hydrogen (secondary N) is 1. The van der Waals surface area contributed by atoms with Gasteiger partial charge in [0, 0.05) is 5.56 Å². The van der Waals surface area contributed by atoms with Crippen molar-refractivity contribution < 1.29 is 17.8 Å². The Morgan fingerprint density at radius 2 is 1.53 bits per heavy atom. The van der Waals surface area contributed by atoms with Crippen LogP contribution in [0.5, 0.6) is 0 Å². The van der Waals surface area contributed by atoms with Gasteiger partial charge in [-0.25, -0.2) is 0 Å². The normalized spacial score (nSPS) is 11.9. The van der Waals surface area contributed by atoms with Gasteiger partial charge in [0.2, 0.25) is 5.75 Å². The van der Waals surface area contributed by atoms with Gasteiger partial charge in [-0.05, 0) is 63.4 Å². The summed E-state index contributed by atoms with van der Waals surface area (Å²) >= 11 is 4.32. The summed E-state index contributed by atoms with van der Waals surface area (Å²) in [7, 11) is -6.72. The number of carbonyl (C=O) groups excluding carboxylic acids is 1. The maximum atomic E-state index is 11.9. The first-order valence-corrected chi connectivity index (χ1v) is 15.3. The van der Waals surface area contributed by atoms with Crippen molar-refractivity contribution in [3.05, 3.63) is 22.8 Å². The zero-order valence-corrected chi connectivity index (χ0v) is 23.3. The average Bonchev–Trinajstić information content (AvgIpc) is 2.64. The number of anilines is 1.